The number of carboxylic acids is 1. The summed E-state index contributed by atoms with van der Waals surface area (Å²) in [6, 6.07) is 14.6. The van der Waals surface area contributed by atoms with Gasteiger partial charge in [0.15, 0.2) is 11.5 Å². The van der Waals surface area contributed by atoms with Gasteiger partial charge in [-0.15, -0.1) is 0 Å². The molecule has 1 saturated heterocycles. The van der Waals surface area contributed by atoms with Crippen LogP contribution in [0.25, 0.3) is 0 Å². The van der Waals surface area contributed by atoms with Gasteiger partial charge in [-0.1, -0.05) is 38.8 Å². The van der Waals surface area contributed by atoms with E-state index in [0.717, 1.165) is 31.2 Å². The molecule has 2 aliphatic heterocycles. The first-order valence-electron chi connectivity index (χ1n) is 15.8. The van der Waals surface area contributed by atoms with Crippen molar-refractivity contribution in [2.24, 2.45) is 5.92 Å². The summed E-state index contributed by atoms with van der Waals surface area (Å²) in [4.78, 5) is 43.6. The average Bonchev–Trinajstić information content (AvgIpc) is 3.63. The van der Waals surface area contributed by atoms with E-state index in [1.165, 1.54) is 12.1 Å². The largest absolute Gasteiger partial charge is 0.481 e. The van der Waals surface area contributed by atoms with Gasteiger partial charge in [-0.05, 0) is 73.7 Å². The highest BCUT2D eigenvalue weighted by Gasteiger charge is 2.47. The number of carboxylic acid groups (broad SMARTS) is 1. The zero-order valence-corrected chi connectivity index (χ0v) is 26.2. The Balaban J connectivity index is 1.50. The van der Waals surface area contributed by atoms with Crippen LogP contribution in [-0.2, 0) is 16.1 Å². The SMILES string of the molecule is CCCC(CCC)N(C(=O)CN1CC(c2ccc3c(c2)OCO3)C(C(=O)O)C1CCn1ccccc1=O)c1ccc(F)c(C)c1. The first kappa shape index (κ1) is 32.2. The number of carbonyl (C=O) groups is 2. The highest BCUT2D eigenvalue weighted by molar-refractivity contribution is 5.95. The molecule has 3 heterocycles. The number of benzene rings is 2. The minimum absolute atomic E-state index is 0.0143. The predicted molar refractivity (Wildman–Crippen MR) is 169 cm³/mol. The Hall–Kier alpha value is -4.18. The van der Waals surface area contributed by atoms with E-state index in [4.69, 9.17) is 9.47 Å². The molecule has 240 valence electrons. The molecule has 1 aromatic heterocycles. The van der Waals surface area contributed by atoms with Crippen LogP contribution in [0.2, 0.25) is 0 Å². The fourth-order valence-corrected chi connectivity index (χ4v) is 6.91. The fourth-order valence-electron chi connectivity index (χ4n) is 6.91. The molecular formula is C35H42FN3O6. The number of amides is 1. The van der Waals surface area contributed by atoms with Gasteiger partial charge in [-0.2, -0.15) is 0 Å². The van der Waals surface area contributed by atoms with E-state index in [0.29, 0.717) is 42.3 Å². The third kappa shape index (κ3) is 7.06. The number of pyridine rings is 1. The minimum atomic E-state index is -0.959. The molecule has 0 radical (unpaired) electrons. The van der Waals surface area contributed by atoms with Crippen LogP contribution < -0.4 is 19.9 Å². The van der Waals surface area contributed by atoms with Crippen LogP contribution >= 0.6 is 0 Å². The van der Waals surface area contributed by atoms with E-state index in [2.05, 4.69) is 13.8 Å². The van der Waals surface area contributed by atoms with Crippen molar-refractivity contribution < 1.29 is 28.6 Å². The standard InChI is InChI=1S/C35H42FN3O6/c1-4-8-25(9-5-2)39(26-12-13-28(36)23(3)18-26)33(41)21-38-20-27(24-11-14-30-31(19-24)45-22-44-30)34(35(42)43)29(38)15-17-37-16-7-6-10-32(37)40/h6-7,10-14,16,18-19,25,27,29,34H,4-5,8-9,15,17,20-22H2,1-3H3,(H,42,43). The molecule has 45 heavy (non-hydrogen) atoms. The number of likely N-dealkylation sites (tertiary alicyclic amines) is 1. The van der Waals surface area contributed by atoms with Crippen LogP contribution in [0.1, 0.15) is 63.0 Å². The van der Waals surface area contributed by atoms with Crippen molar-refractivity contribution in [1.82, 2.24) is 9.47 Å². The molecule has 2 aromatic carbocycles. The van der Waals surface area contributed by atoms with E-state index in [-0.39, 0.29) is 36.7 Å². The lowest BCUT2D eigenvalue weighted by Crippen LogP contribution is -2.48. The maximum atomic E-state index is 14.4. The number of fused-ring (bicyclic) bond motifs is 1. The number of aryl methyl sites for hydroxylation is 2. The molecule has 1 fully saturated rings. The Morgan fingerprint density at radius 1 is 1.04 bits per heavy atom. The van der Waals surface area contributed by atoms with E-state index < -0.39 is 23.8 Å². The van der Waals surface area contributed by atoms with E-state index >= 15 is 0 Å². The highest BCUT2D eigenvalue weighted by Crippen LogP contribution is 2.43. The Morgan fingerprint density at radius 2 is 1.80 bits per heavy atom. The topological polar surface area (TPSA) is 101 Å². The summed E-state index contributed by atoms with van der Waals surface area (Å²) in [5.41, 5.74) is 1.72. The van der Waals surface area contributed by atoms with Crippen molar-refractivity contribution >= 4 is 17.6 Å². The van der Waals surface area contributed by atoms with Crippen molar-refractivity contribution in [3.63, 3.8) is 0 Å². The monoisotopic (exact) mass is 619 g/mol. The number of rotatable bonds is 13. The number of halogens is 1. The van der Waals surface area contributed by atoms with Crippen molar-refractivity contribution in [2.45, 2.75) is 77.4 Å². The number of nitrogens with zero attached hydrogens (tertiary/aromatic N) is 3. The first-order chi connectivity index (χ1) is 21.7. The summed E-state index contributed by atoms with van der Waals surface area (Å²) in [5.74, 6) is -1.53. The molecule has 1 N–H and O–H groups in total. The van der Waals surface area contributed by atoms with Crippen molar-refractivity contribution in [1.29, 1.82) is 0 Å². The Kier molecular flexibility index (Phi) is 10.2. The first-order valence-corrected chi connectivity index (χ1v) is 15.8. The third-order valence-electron chi connectivity index (χ3n) is 9.06. The molecule has 3 atom stereocenters. The summed E-state index contributed by atoms with van der Waals surface area (Å²) in [7, 11) is 0. The van der Waals surface area contributed by atoms with E-state index in [9.17, 15) is 23.9 Å². The zero-order valence-electron chi connectivity index (χ0n) is 26.2. The molecule has 5 rings (SSSR count). The lowest BCUT2D eigenvalue weighted by molar-refractivity contribution is -0.143. The fraction of sp³-hybridized carbons (Fsp3) is 0.457. The Bertz CT molecular complexity index is 1570. The number of anilines is 1. The van der Waals surface area contributed by atoms with Crippen LogP contribution in [0.5, 0.6) is 11.5 Å². The number of hydrogen-bond acceptors (Lipinski definition) is 6. The molecular weight excluding hydrogens is 577 g/mol. The minimum Gasteiger partial charge on any atom is -0.481 e. The number of aromatic nitrogens is 1. The quantitative estimate of drug-likeness (QED) is 0.266. The van der Waals surface area contributed by atoms with E-state index in [1.54, 1.807) is 52.9 Å². The number of carbonyl (C=O) groups excluding carboxylic acids is 1. The molecule has 0 aliphatic carbocycles. The highest BCUT2D eigenvalue weighted by atomic mass is 19.1. The van der Waals surface area contributed by atoms with Gasteiger partial charge >= 0.3 is 5.97 Å². The van der Waals surface area contributed by atoms with Gasteiger partial charge in [0, 0.05) is 49.0 Å². The van der Waals surface area contributed by atoms with E-state index in [1.807, 2.05) is 17.0 Å². The predicted octanol–water partition coefficient (Wildman–Crippen LogP) is 5.59. The summed E-state index contributed by atoms with van der Waals surface area (Å²) in [5, 5.41) is 10.6. The molecule has 1 amide bonds. The Morgan fingerprint density at radius 3 is 2.49 bits per heavy atom. The molecule has 2 aliphatic rings. The maximum Gasteiger partial charge on any atom is 0.308 e. The molecule has 9 nitrogen and oxygen atoms in total. The second-order valence-electron chi connectivity index (χ2n) is 12.0. The summed E-state index contributed by atoms with van der Waals surface area (Å²) < 4.78 is 26.9. The number of aliphatic carboxylic acids is 1. The lowest BCUT2D eigenvalue weighted by Gasteiger charge is -2.35. The second kappa shape index (κ2) is 14.3. The Labute approximate surface area is 263 Å². The van der Waals surface area contributed by atoms with Gasteiger partial charge in [0.05, 0.1) is 12.5 Å². The maximum absolute atomic E-state index is 14.4. The molecule has 0 spiro atoms. The van der Waals surface area contributed by atoms with Gasteiger partial charge in [0.25, 0.3) is 0 Å². The van der Waals surface area contributed by atoms with Gasteiger partial charge < -0.3 is 24.0 Å². The van der Waals surface area contributed by atoms with Crippen LogP contribution in [0.4, 0.5) is 10.1 Å². The number of hydrogen-bond donors (Lipinski definition) is 1. The van der Waals surface area contributed by atoms with Crippen molar-refractivity contribution in [3.05, 3.63) is 88.1 Å². The zero-order chi connectivity index (χ0) is 32.1. The molecule has 10 heteroatoms. The number of ether oxygens (including phenoxy) is 2. The normalized spacial score (nSPS) is 19.3. The van der Waals surface area contributed by atoms with Gasteiger partial charge in [0.1, 0.15) is 5.82 Å². The summed E-state index contributed by atoms with van der Waals surface area (Å²) >= 11 is 0. The molecule has 3 aromatic rings. The summed E-state index contributed by atoms with van der Waals surface area (Å²) in [6.45, 7) is 6.58. The molecule has 0 bridgehead atoms. The van der Waals surface area contributed by atoms with Crippen LogP contribution in [0, 0.1) is 18.7 Å². The second-order valence-corrected chi connectivity index (χ2v) is 12.0. The third-order valence-corrected chi connectivity index (χ3v) is 9.06. The van der Waals surface area contributed by atoms with Gasteiger partial charge in [-0.3, -0.25) is 19.3 Å². The van der Waals surface area contributed by atoms with Gasteiger partial charge in [0.2, 0.25) is 18.3 Å². The van der Waals surface area contributed by atoms with Gasteiger partial charge in [-0.25, -0.2) is 4.39 Å². The molecule has 0 saturated carbocycles. The van der Waals surface area contributed by atoms with Crippen LogP contribution in [-0.4, -0.2) is 58.4 Å². The average molecular weight is 620 g/mol. The van der Waals surface area contributed by atoms with Crippen LogP contribution in [0.3, 0.4) is 0 Å². The summed E-state index contributed by atoms with van der Waals surface area (Å²) in [6.07, 6.45) is 5.37. The van der Waals surface area contributed by atoms with Crippen molar-refractivity contribution in [3.8, 4) is 11.5 Å². The van der Waals surface area contributed by atoms with Crippen molar-refractivity contribution in [2.75, 3.05) is 24.8 Å². The smallest absolute Gasteiger partial charge is 0.308 e. The molecule has 3 unspecified atom stereocenters. The lowest BCUT2D eigenvalue weighted by atomic mass is 9.84. The van der Waals surface area contributed by atoms with Crippen LogP contribution in [0.15, 0.2) is 65.6 Å².